The van der Waals surface area contributed by atoms with Crippen LogP contribution in [0, 0.1) is 0 Å². The third kappa shape index (κ3) is 7.32. The Balaban J connectivity index is 0.931. The molecule has 3 nitrogen and oxygen atoms in total. The van der Waals surface area contributed by atoms with Crippen molar-refractivity contribution in [3.8, 4) is 39.1 Å². The minimum Gasteiger partial charge on any atom is -0.311 e. The first kappa shape index (κ1) is 37.6. The van der Waals surface area contributed by atoms with Crippen LogP contribution < -0.4 is 9.80 Å². The molecular weight excluding hydrogens is 763 g/mol. The van der Waals surface area contributed by atoms with E-state index in [0.717, 1.165) is 56.5 Å². The van der Waals surface area contributed by atoms with Gasteiger partial charge in [-0.2, -0.15) is 0 Å². The van der Waals surface area contributed by atoms with Crippen molar-refractivity contribution in [2.75, 3.05) is 9.80 Å². The molecule has 1 heterocycles. The third-order valence-electron chi connectivity index (χ3n) is 12.0. The van der Waals surface area contributed by atoms with E-state index >= 15 is 0 Å². The van der Waals surface area contributed by atoms with E-state index in [9.17, 15) is 0 Å². The maximum Gasteiger partial charge on any atom is 0.0561 e. The summed E-state index contributed by atoms with van der Waals surface area (Å²) < 4.78 is 2.40. The lowest BCUT2D eigenvalue weighted by molar-refractivity contribution is 1.18. The minimum absolute atomic E-state index is 1.09. The number of hydrogen-bond acceptors (Lipinski definition) is 2. The quantitative estimate of drug-likeness (QED) is 0.136. The number of para-hydroxylation sites is 3. The molecule has 0 spiro atoms. The van der Waals surface area contributed by atoms with Crippen molar-refractivity contribution in [3.05, 3.63) is 261 Å². The number of nitrogens with zero attached hydrogens (tertiary/aromatic N) is 3. The standard InChI is InChI=1S/C60H43N3/c1-5-15-44(16-6-1)46-25-33-52(34-26-46)61(50-19-9-3-10-20-50)53-35-27-48(28-36-53)49-29-37-54(38-30-49)62(51-21-11-4-12-22-51)56-41-42-58-57-23-13-14-24-59(57)63(60(58)43-56)55-39-31-47(32-40-55)45-17-7-2-8-18-45/h1-43H. The Bertz CT molecular complexity index is 3270. The molecule has 0 N–H and O–H groups in total. The number of rotatable bonds is 10. The van der Waals surface area contributed by atoms with E-state index in [0.29, 0.717) is 0 Å². The van der Waals surface area contributed by atoms with Gasteiger partial charge in [0.25, 0.3) is 0 Å². The van der Waals surface area contributed by atoms with Crippen LogP contribution in [-0.4, -0.2) is 4.57 Å². The van der Waals surface area contributed by atoms with Gasteiger partial charge in [0.1, 0.15) is 0 Å². The van der Waals surface area contributed by atoms with Gasteiger partial charge in [0.2, 0.25) is 0 Å². The summed E-state index contributed by atoms with van der Waals surface area (Å²) in [4.78, 5) is 4.67. The van der Waals surface area contributed by atoms with E-state index < -0.39 is 0 Å². The summed E-state index contributed by atoms with van der Waals surface area (Å²) in [5, 5.41) is 2.46. The van der Waals surface area contributed by atoms with Crippen LogP contribution in [0.2, 0.25) is 0 Å². The van der Waals surface area contributed by atoms with Crippen molar-refractivity contribution in [3.63, 3.8) is 0 Å². The number of hydrogen-bond donors (Lipinski definition) is 0. The molecule has 0 aliphatic rings. The molecule has 11 rings (SSSR count). The fraction of sp³-hybridized carbons (Fsp3) is 0. The average Bonchev–Trinajstić information content (AvgIpc) is 3.70. The van der Waals surface area contributed by atoms with Gasteiger partial charge in [0, 0.05) is 50.6 Å². The number of fused-ring (bicyclic) bond motifs is 3. The topological polar surface area (TPSA) is 11.4 Å². The van der Waals surface area contributed by atoms with Crippen LogP contribution in [0.25, 0.3) is 60.9 Å². The van der Waals surface area contributed by atoms with Crippen LogP contribution in [0.15, 0.2) is 261 Å². The van der Waals surface area contributed by atoms with Gasteiger partial charge >= 0.3 is 0 Å². The molecule has 0 saturated carbocycles. The zero-order valence-electron chi connectivity index (χ0n) is 34.7. The van der Waals surface area contributed by atoms with E-state index in [1.54, 1.807) is 0 Å². The van der Waals surface area contributed by atoms with Crippen molar-refractivity contribution in [2.45, 2.75) is 0 Å². The predicted molar refractivity (Wildman–Crippen MR) is 266 cm³/mol. The van der Waals surface area contributed by atoms with E-state index in [2.05, 4.69) is 275 Å². The van der Waals surface area contributed by atoms with Gasteiger partial charge in [-0.25, -0.2) is 0 Å². The summed E-state index contributed by atoms with van der Waals surface area (Å²) in [6.07, 6.45) is 0. The van der Waals surface area contributed by atoms with Crippen molar-refractivity contribution >= 4 is 55.9 Å². The molecule has 0 aliphatic carbocycles. The van der Waals surface area contributed by atoms with E-state index in [1.165, 1.54) is 38.5 Å². The fourth-order valence-corrected chi connectivity index (χ4v) is 8.90. The molecule has 0 bridgehead atoms. The minimum atomic E-state index is 1.09. The van der Waals surface area contributed by atoms with Crippen molar-refractivity contribution in [1.82, 2.24) is 4.57 Å². The second kappa shape index (κ2) is 16.6. The summed E-state index contributed by atoms with van der Waals surface area (Å²) in [5.41, 5.74) is 17.2. The maximum atomic E-state index is 2.40. The summed E-state index contributed by atoms with van der Waals surface area (Å²) in [6.45, 7) is 0. The Morgan fingerprint density at radius 2 is 0.540 bits per heavy atom. The average molecular weight is 806 g/mol. The van der Waals surface area contributed by atoms with Gasteiger partial charge in [-0.3, -0.25) is 0 Å². The Labute approximate surface area is 368 Å². The van der Waals surface area contributed by atoms with Crippen LogP contribution >= 0.6 is 0 Å². The highest BCUT2D eigenvalue weighted by atomic mass is 15.1. The molecule has 10 aromatic carbocycles. The number of anilines is 6. The predicted octanol–water partition coefficient (Wildman–Crippen LogP) is 16.7. The van der Waals surface area contributed by atoms with E-state index in [4.69, 9.17) is 0 Å². The Hall–Kier alpha value is -8.40. The monoisotopic (exact) mass is 805 g/mol. The molecule has 0 fully saturated rings. The first-order valence-electron chi connectivity index (χ1n) is 21.5. The summed E-state index contributed by atoms with van der Waals surface area (Å²) in [7, 11) is 0. The molecular formula is C60H43N3. The van der Waals surface area contributed by atoms with Crippen molar-refractivity contribution in [2.24, 2.45) is 0 Å². The molecule has 1 aromatic heterocycles. The first-order chi connectivity index (χ1) is 31.2. The Kier molecular flexibility index (Phi) is 9.89. The van der Waals surface area contributed by atoms with Crippen LogP contribution in [0.5, 0.6) is 0 Å². The summed E-state index contributed by atoms with van der Waals surface area (Å²) >= 11 is 0. The zero-order chi connectivity index (χ0) is 42.0. The molecule has 3 heteroatoms. The van der Waals surface area contributed by atoms with E-state index in [1.807, 2.05) is 0 Å². The lowest BCUT2D eigenvalue weighted by atomic mass is 10.0. The molecule has 0 atom stereocenters. The van der Waals surface area contributed by atoms with Crippen molar-refractivity contribution < 1.29 is 0 Å². The fourth-order valence-electron chi connectivity index (χ4n) is 8.90. The second-order valence-corrected chi connectivity index (χ2v) is 15.8. The molecule has 0 amide bonds. The van der Waals surface area contributed by atoms with Gasteiger partial charge < -0.3 is 14.4 Å². The maximum absolute atomic E-state index is 2.40. The zero-order valence-corrected chi connectivity index (χ0v) is 34.7. The molecule has 0 aliphatic heterocycles. The smallest absolute Gasteiger partial charge is 0.0561 e. The Morgan fingerprint density at radius 3 is 1.00 bits per heavy atom. The summed E-state index contributed by atoms with van der Waals surface area (Å²) in [6, 6.07) is 93.6. The van der Waals surface area contributed by atoms with Gasteiger partial charge in [0.05, 0.1) is 11.0 Å². The van der Waals surface area contributed by atoms with Crippen LogP contribution in [0.1, 0.15) is 0 Å². The highest BCUT2D eigenvalue weighted by Crippen LogP contribution is 2.41. The second-order valence-electron chi connectivity index (χ2n) is 15.8. The van der Waals surface area contributed by atoms with Gasteiger partial charge in [-0.05, 0) is 124 Å². The molecule has 298 valence electrons. The third-order valence-corrected chi connectivity index (χ3v) is 12.0. The van der Waals surface area contributed by atoms with Gasteiger partial charge in [-0.15, -0.1) is 0 Å². The highest BCUT2D eigenvalue weighted by Gasteiger charge is 2.18. The summed E-state index contributed by atoms with van der Waals surface area (Å²) in [5.74, 6) is 0. The van der Waals surface area contributed by atoms with Crippen LogP contribution in [0.4, 0.5) is 34.1 Å². The lowest BCUT2D eigenvalue weighted by Crippen LogP contribution is -2.10. The molecule has 11 aromatic rings. The largest absolute Gasteiger partial charge is 0.311 e. The number of benzene rings is 10. The first-order valence-corrected chi connectivity index (χ1v) is 21.5. The van der Waals surface area contributed by atoms with Crippen molar-refractivity contribution in [1.29, 1.82) is 0 Å². The molecule has 63 heavy (non-hydrogen) atoms. The molecule has 0 saturated heterocycles. The Morgan fingerprint density at radius 1 is 0.222 bits per heavy atom. The molecule has 0 radical (unpaired) electrons. The van der Waals surface area contributed by atoms with Gasteiger partial charge in [0.15, 0.2) is 0 Å². The van der Waals surface area contributed by atoms with Gasteiger partial charge in [-0.1, -0.05) is 170 Å². The SMILES string of the molecule is c1ccc(-c2ccc(N(c3ccccc3)c3ccc(-c4ccc(N(c5ccccc5)c5ccc6c7ccccc7n(-c7ccc(-c8ccccc8)cc7)c6c5)cc4)cc3)cc2)cc1. The highest BCUT2D eigenvalue weighted by molar-refractivity contribution is 6.10. The molecule has 0 unspecified atom stereocenters. The normalized spacial score (nSPS) is 11.2. The van der Waals surface area contributed by atoms with Crippen LogP contribution in [0.3, 0.4) is 0 Å². The van der Waals surface area contributed by atoms with E-state index in [-0.39, 0.29) is 0 Å². The van der Waals surface area contributed by atoms with Crippen LogP contribution in [-0.2, 0) is 0 Å². The number of aromatic nitrogens is 1. The lowest BCUT2D eigenvalue weighted by Gasteiger charge is -2.26.